The van der Waals surface area contributed by atoms with Gasteiger partial charge in [0.05, 0.1) is 5.56 Å². The topological polar surface area (TPSA) is 74.5 Å². The monoisotopic (exact) mass is 325 g/mol. The Labute approximate surface area is 142 Å². The van der Waals surface area contributed by atoms with Gasteiger partial charge in [0.25, 0.3) is 5.91 Å². The van der Waals surface area contributed by atoms with Crippen LogP contribution in [0.4, 0.5) is 17.2 Å². The molecule has 0 spiro atoms. The van der Waals surface area contributed by atoms with E-state index in [0.717, 1.165) is 25.2 Å². The van der Waals surface area contributed by atoms with Crippen molar-refractivity contribution in [2.75, 3.05) is 37.4 Å². The molecule has 1 aliphatic rings. The number of amides is 1. The van der Waals surface area contributed by atoms with Crippen LogP contribution in [0, 0.1) is 0 Å². The average Bonchev–Trinajstić information content (AvgIpc) is 3.06. The highest BCUT2D eigenvalue weighted by Gasteiger charge is 2.24. The smallest absolute Gasteiger partial charge is 0.252 e. The van der Waals surface area contributed by atoms with E-state index in [9.17, 15) is 4.79 Å². The van der Waals surface area contributed by atoms with Crippen molar-refractivity contribution in [1.29, 1.82) is 0 Å². The number of benzene rings is 1. The molecule has 1 fully saturated rings. The molecule has 6 nitrogen and oxygen atoms in total. The maximum absolute atomic E-state index is 11.5. The number of nitrogens with one attached hydrogen (secondary N) is 1. The van der Waals surface area contributed by atoms with Gasteiger partial charge in [-0.3, -0.25) is 4.79 Å². The first kappa shape index (κ1) is 16.3. The Morgan fingerprint density at radius 3 is 2.88 bits per heavy atom. The molecular weight excluding hydrogens is 302 g/mol. The van der Waals surface area contributed by atoms with Gasteiger partial charge in [-0.15, -0.1) is 0 Å². The molecule has 1 aliphatic heterocycles. The van der Waals surface area contributed by atoms with Gasteiger partial charge in [-0.25, -0.2) is 4.98 Å². The Hall–Kier alpha value is -2.60. The van der Waals surface area contributed by atoms with Crippen LogP contribution in [0.2, 0.25) is 0 Å². The zero-order valence-electron chi connectivity index (χ0n) is 14.1. The summed E-state index contributed by atoms with van der Waals surface area (Å²) in [6.07, 6.45) is 2.80. The van der Waals surface area contributed by atoms with Crippen molar-refractivity contribution in [1.82, 2.24) is 9.88 Å². The van der Waals surface area contributed by atoms with Crippen LogP contribution in [0.25, 0.3) is 0 Å². The molecule has 1 atom stereocenters. The maximum atomic E-state index is 11.5. The molecule has 1 amide bonds. The third-order valence-electron chi connectivity index (χ3n) is 4.44. The molecular formula is C18H23N5O. The van der Waals surface area contributed by atoms with Crippen molar-refractivity contribution in [3.63, 3.8) is 0 Å². The normalized spacial score (nSPS) is 17.3. The molecule has 0 saturated carbocycles. The van der Waals surface area contributed by atoms with E-state index >= 15 is 0 Å². The van der Waals surface area contributed by atoms with Crippen molar-refractivity contribution >= 4 is 23.1 Å². The molecule has 0 bridgehead atoms. The van der Waals surface area contributed by atoms with E-state index in [2.05, 4.69) is 46.3 Å². The average molecular weight is 325 g/mol. The second-order valence-corrected chi connectivity index (χ2v) is 6.29. The van der Waals surface area contributed by atoms with Crippen molar-refractivity contribution in [3.05, 3.63) is 48.2 Å². The fraction of sp³-hybridized carbons (Fsp3) is 0.333. The second kappa shape index (κ2) is 6.88. The molecule has 126 valence electrons. The van der Waals surface area contributed by atoms with Crippen LogP contribution in [-0.2, 0) is 0 Å². The first-order valence-electron chi connectivity index (χ1n) is 8.08. The number of hydrogen-bond donors (Lipinski definition) is 2. The summed E-state index contributed by atoms with van der Waals surface area (Å²) in [7, 11) is 4.25. The Morgan fingerprint density at radius 1 is 1.33 bits per heavy atom. The lowest BCUT2D eigenvalue weighted by atomic mass is 10.2. The summed E-state index contributed by atoms with van der Waals surface area (Å²) in [5.74, 6) is -0.00939. The number of anilines is 3. The Kier molecular flexibility index (Phi) is 4.66. The summed E-state index contributed by atoms with van der Waals surface area (Å²) >= 11 is 0. The van der Waals surface area contributed by atoms with Crippen molar-refractivity contribution in [2.24, 2.45) is 5.73 Å². The molecule has 1 saturated heterocycles. The van der Waals surface area contributed by atoms with Crippen molar-refractivity contribution in [2.45, 2.75) is 12.5 Å². The van der Waals surface area contributed by atoms with E-state index in [-0.39, 0.29) is 0 Å². The lowest BCUT2D eigenvalue weighted by Crippen LogP contribution is -2.31. The van der Waals surface area contributed by atoms with Crippen LogP contribution in [0.15, 0.2) is 42.6 Å². The number of likely N-dealkylation sites (N-methyl/N-ethyl adjacent to an activating group) is 1. The minimum atomic E-state index is -0.491. The van der Waals surface area contributed by atoms with E-state index < -0.39 is 5.91 Å². The van der Waals surface area contributed by atoms with Crippen LogP contribution in [0.5, 0.6) is 0 Å². The van der Waals surface area contributed by atoms with E-state index in [1.807, 2.05) is 12.1 Å². The molecule has 24 heavy (non-hydrogen) atoms. The quantitative estimate of drug-likeness (QED) is 0.880. The Balaban J connectivity index is 1.78. The third kappa shape index (κ3) is 3.49. The van der Waals surface area contributed by atoms with Gasteiger partial charge in [0.1, 0.15) is 5.82 Å². The highest BCUT2D eigenvalue weighted by atomic mass is 16.1. The zero-order chi connectivity index (χ0) is 17.1. The molecule has 2 heterocycles. The Morgan fingerprint density at radius 2 is 2.17 bits per heavy atom. The van der Waals surface area contributed by atoms with Crippen LogP contribution in [0.3, 0.4) is 0 Å². The zero-order valence-corrected chi connectivity index (χ0v) is 14.1. The predicted molar refractivity (Wildman–Crippen MR) is 96.8 cm³/mol. The van der Waals surface area contributed by atoms with Crippen LogP contribution < -0.4 is 16.0 Å². The summed E-state index contributed by atoms with van der Waals surface area (Å²) in [4.78, 5) is 20.4. The summed E-state index contributed by atoms with van der Waals surface area (Å²) in [5.41, 5.74) is 7.85. The summed E-state index contributed by atoms with van der Waals surface area (Å²) in [5, 5.41) is 3.20. The second-order valence-electron chi connectivity index (χ2n) is 6.29. The predicted octanol–water partition coefficient (Wildman–Crippen LogP) is 2.06. The van der Waals surface area contributed by atoms with E-state index in [4.69, 9.17) is 5.73 Å². The number of aromatic nitrogens is 1. The number of hydrogen-bond acceptors (Lipinski definition) is 5. The van der Waals surface area contributed by atoms with Gasteiger partial charge in [0.15, 0.2) is 0 Å². The molecule has 0 radical (unpaired) electrons. The van der Waals surface area contributed by atoms with Crippen LogP contribution in [-0.4, -0.2) is 49.0 Å². The highest BCUT2D eigenvalue weighted by Crippen LogP contribution is 2.26. The van der Waals surface area contributed by atoms with Crippen LogP contribution >= 0.6 is 0 Å². The number of carbonyl (C=O) groups is 1. The largest absolute Gasteiger partial charge is 0.370 e. The summed E-state index contributed by atoms with van der Waals surface area (Å²) < 4.78 is 0. The van der Waals surface area contributed by atoms with E-state index in [1.54, 1.807) is 18.3 Å². The maximum Gasteiger partial charge on any atom is 0.252 e. The van der Waals surface area contributed by atoms with Gasteiger partial charge in [-0.1, -0.05) is 6.07 Å². The third-order valence-corrected chi connectivity index (χ3v) is 4.44. The number of carbonyl (C=O) groups excluding carboxylic acids is 1. The molecule has 3 rings (SSSR count). The minimum absolute atomic E-state index is 0.386. The number of pyridine rings is 1. The molecule has 1 aromatic carbocycles. The van der Waals surface area contributed by atoms with Crippen molar-refractivity contribution in [3.8, 4) is 0 Å². The lowest BCUT2D eigenvalue weighted by Gasteiger charge is -2.22. The van der Waals surface area contributed by atoms with Gasteiger partial charge in [-0.05, 0) is 50.8 Å². The SMILES string of the molecule is CN(C)C1CCN(c2cccc(Nc3ncccc3C(N)=O)c2)C1. The number of primary amides is 1. The molecule has 1 unspecified atom stereocenters. The molecule has 2 aromatic rings. The first-order valence-corrected chi connectivity index (χ1v) is 8.08. The number of rotatable bonds is 5. The standard InChI is InChI=1S/C18H23N5O/c1-22(2)15-8-10-23(12-15)14-6-3-5-13(11-14)21-18-16(17(19)24)7-4-9-20-18/h3-7,9,11,15H,8,10,12H2,1-2H3,(H2,19,24)(H,20,21). The number of nitrogens with two attached hydrogens (primary N) is 1. The molecule has 0 aliphatic carbocycles. The van der Waals surface area contributed by atoms with Gasteiger partial charge in [0, 0.05) is 36.7 Å². The van der Waals surface area contributed by atoms with Gasteiger partial charge >= 0.3 is 0 Å². The van der Waals surface area contributed by atoms with E-state index in [0.29, 0.717) is 17.4 Å². The molecule has 1 aromatic heterocycles. The van der Waals surface area contributed by atoms with Gasteiger partial charge < -0.3 is 20.9 Å². The van der Waals surface area contributed by atoms with Crippen molar-refractivity contribution < 1.29 is 4.79 Å². The minimum Gasteiger partial charge on any atom is -0.370 e. The van der Waals surface area contributed by atoms with Crippen LogP contribution in [0.1, 0.15) is 16.8 Å². The number of nitrogens with zero attached hydrogens (tertiary/aromatic N) is 3. The van der Waals surface area contributed by atoms with E-state index in [1.165, 1.54) is 5.69 Å². The fourth-order valence-corrected chi connectivity index (χ4v) is 3.02. The highest BCUT2D eigenvalue weighted by molar-refractivity contribution is 5.98. The summed E-state index contributed by atoms with van der Waals surface area (Å²) in [6, 6.07) is 12.1. The fourth-order valence-electron chi connectivity index (χ4n) is 3.02. The van der Waals surface area contributed by atoms with Gasteiger partial charge in [0.2, 0.25) is 0 Å². The lowest BCUT2D eigenvalue weighted by molar-refractivity contribution is 0.100. The summed E-state index contributed by atoms with van der Waals surface area (Å²) in [6.45, 7) is 2.06. The molecule has 3 N–H and O–H groups in total. The Bertz CT molecular complexity index is 731. The first-order chi connectivity index (χ1) is 11.5. The van der Waals surface area contributed by atoms with Gasteiger partial charge in [-0.2, -0.15) is 0 Å². The molecule has 6 heteroatoms.